The fourth-order valence-corrected chi connectivity index (χ4v) is 4.50. The molecule has 2 aliphatic heterocycles. The van der Waals surface area contributed by atoms with Crippen LogP contribution in [0.25, 0.3) is 0 Å². The molecule has 0 radical (unpaired) electrons. The highest BCUT2D eigenvalue weighted by molar-refractivity contribution is 5.97. The molecule has 8 heteroatoms. The van der Waals surface area contributed by atoms with Crippen molar-refractivity contribution >= 4 is 17.8 Å². The first-order chi connectivity index (χ1) is 13.1. The van der Waals surface area contributed by atoms with Gasteiger partial charge in [0.1, 0.15) is 0 Å². The Labute approximate surface area is 161 Å². The van der Waals surface area contributed by atoms with E-state index in [-0.39, 0.29) is 16.8 Å². The van der Waals surface area contributed by atoms with Gasteiger partial charge in [0, 0.05) is 26.5 Å². The Bertz CT molecular complexity index is 1020. The fourth-order valence-electron chi connectivity index (χ4n) is 4.50. The Balaban J connectivity index is 2.54. The molecule has 0 bridgehead atoms. The summed E-state index contributed by atoms with van der Waals surface area (Å²) in [5, 5.41) is 20.2. The molecule has 0 aromatic heterocycles. The highest BCUT2D eigenvalue weighted by atomic mass is 16.7. The van der Waals surface area contributed by atoms with E-state index >= 15 is 0 Å². The SMILES string of the molecule is CC(=O)O[C@@]1(C)OC(=O)[C@@]2(c3ccccc3)N(C(C)=O)C(C)=C(C#N)[C@@]12C#N. The van der Waals surface area contributed by atoms with Gasteiger partial charge >= 0.3 is 11.9 Å². The van der Waals surface area contributed by atoms with E-state index in [4.69, 9.17) is 9.47 Å². The van der Waals surface area contributed by atoms with Crippen LogP contribution in [0.3, 0.4) is 0 Å². The van der Waals surface area contributed by atoms with Crippen LogP contribution in [0.2, 0.25) is 0 Å². The van der Waals surface area contributed by atoms with Crippen LogP contribution in [-0.2, 0) is 29.4 Å². The topological polar surface area (TPSA) is 120 Å². The molecule has 1 saturated heterocycles. The van der Waals surface area contributed by atoms with Gasteiger partial charge in [-0.3, -0.25) is 14.5 Å². The number of ether oxygens (including phenoxy) is 2. The Morgan fingerprint density at radius 2 is 1.79 bits per heavy atom. The van der Waals surface area contributed by atoms with Gasteiger partial charge in [-0.15, -0.1) is 0 Å². The van der Waals surface area contributed by atoms with Crippen molar-refractivity contribution in [3.8, 4) is 12.1 Å². The van der Waals surface area contributed by atoms with Gasteiger partial charge in [-0.05, 0) is 12.5 Å². The third kappa shape index (κ3) is 1.89. The van der Waals surface area contributed by atoms with E-state index in [9.17, 15) is 24.9 Å². The fraction of sp³-hybridized carbons (Fsp3) is 0.350. The number of allylic oxidation sites excluding steroid dienone is 1. The molecular weight excluding hydrogens is 362 g/mol. The summed E-state index contributed by atoms with van der Waals surface area (Å²) in [5.74, 6) is -4.43. The van der Waals surface area contributed by atoms with Gasteiger partial charge in [-0.1, -0.05) is 30.3 Å². The quantitative estimate of drug-likeness (QED) is 0.719. The molecule has 3 rings (SSSR count). The van der Waals surface area contributed by atoms with Crippen LogP contribution in [-0.4, -0.2) is 28.5 Å². The maximum atomic E-state index is 13.4. The number of carbonyl (C=O) groups excluding carboxylic acids is 3. The van der Waals surface area contributed by atoms with Gasteiger partial charge in [0.15, 0.2) is 0 Å². The van der Waals surface area contributed by atoms with Crippen molar-refractivity contribution in [2.24, 2.45) is 5.41 Å². The molecule has 0 saturated carbocycles. The van der Waals surface area contributed by atoms with Gasteiger partial charge in [0.2, 0.25) is 16.9 Å². The third-order valence-electron chi connectivity index (χ3n) is 5.34. The van der Waals surface area contributed by atoms with Crippen LogP contribution in [0.4, 0.5) is 0 Å². The molecule has 28 heavy (non-hydrogen) atoms. The van der Waals surface area contributed by atoms with Gasteiger partial charge < -0.3 is 9.47 Å². The predicted molar refractivity (Wildman–Crippen MR) is 93.3 cm³/mol. The second-order valence-corrected chi connectivity index (χ2v) is 6.79. The zero-order chi connectivity index (χ0) is 20.9. The number of hydrogen-bond donors (Lipinski definition) is 0. The Morgan fingerprint density at radius 1 is 1.18 bits per heavy atom. The minimum atomic E-state index is -2.11. The largest absolute Gasteiger partial charge is 0.421 e. The van der Waals surface area contributed by atoms with E-state index < -0.39 is 34.6 Å². The minimum absolute atomic E-state index is 0.135. The van der Waals surface area contributed by atoms with E-state index in [1.54, 1.807) is 30.3 Å². The molecule has 1 aromatic carbocycles. The first kappa shape index (κ1) is 19.1. The monoisotopic (exact) mass is 379 g/mol. The summed E-state index contributed by atoms with van der Waals surface area (Å²) in [4.78, 5) is 38.9. The molecule has 142 valence electrons. The summed E-state index contributed by atoms with van der Waals surface area (Å²) in [7, 11) is 0. The molecule has 1 aromatic rings. The normalized spacial score (nSPS) is 30.9. The van der Waals surface area contributed by atoms with Gasteiger partial charge in [0.25, 0.3) is 5.79 Å². The molecule has 2 aliphatic rings. The van der Waals surface area contributed by atoms with Crippen molar-refractivity contribution in [1.82, 2.24) is 4.90 Å². The van der Waals surface area contributed by atoms with Gasteiger partial charge in [0.05, 0.1) is 17.7 Å². The van der Waals surface area contributed by atoms with Crippen molar-refractivity contribution in [3.63, 3.8) is 0 Å². The van der Waals surface area contributed by atoms with Crippen molar-refractivity contribution in [1.29, 1.82) is 10.5 Å². The van der Waals surface area contributed by atoms with Gasteiger partial charge in [-0.2, -0.15) is 10.5 Å². The van der Waals surface area contributed by atoms with Crippen LogP contribution < -0.4 is 0 Å². The number of benzene rings is 1. The standard InChI is InChI=1S/C20H17N3O5/c1-12-16(10-21)19(11-22)18(4,27-14(3)25)28-17(26)20(19,23(12)13(2)24)15-8-6-5-7-9-15/h5-9H,1-4H3/t18-,19-,20+/m0/s1. The molecule has 0 aliphatic carbocycles. The van der Waals surface area contributed by atoms with Crippen molar-refractivity contribution in [2.45, 2.75) is 39.0 Å². The third-order valence-corrected chi connectivity index (χ3v) is 5.34. The zero-order valence-corrected chi connectivity index (χ0v) is 15.8. The molecule has 1 fully saturated rings. The average molecular weight is 379 g/mol. The van der Waals surface area contributed by atoms with E-state index in [1.807, 2.05) is 12.1 Å². The maximum absolute atomic E-state index is 13.4. The second-order valence-electron chi connectivity index (χ2n) is 6.79. The van der Waals surface area contributed by atoms with Crippen LogP contribution in [0.5, 0.6) is 0 Å². The maximum Gasteiger partial charge on any atom is 0.342 e. The van der Waals surface area contributed by atoms with Gasteiger partial charge in [-0.25, -0.2) is 4.79 Å². The van der Waals surface area contributed by atoms with E-state index in [2.05, 4.69) is 0 Å². The number of nitrogens with zero attached hydrogens (tertiary/aromatic N) is 3. The Hall–Kier alpha value is -3.65. The lowest BCUT2D eigenvalue weighted by Gasteiger charge is -2.41. The molecule has 0 unspecified atom stereocenters. The number of cyclic esters (lactones) is 1. The summed E-state index contributed by atoms with van der Waals surface area (Å²) in [6.07, 6.45) is 0. The first-order valence-electron chi connectivity index (χ1n) is 8.46. The molecule has 0 spiro atoms. The summed E-state index contributed by atoms with van der Waals surface area (Å²) in [6, 6.07) is 12.1. The highest BCUT2D eigenvalue weighted by Gasteiger charge is 2.84. The zero-order valence-electron chi connectivity index (χ0n) is 15.8. The van der Waals surface area contributed by atoms with Crippen molar-refractivity contribution in [3.05, 3.63) is 47.2 Å². The predicted octanol–water partition coefficient (Wildman–Crippen LogP) is 1.89. The highest BCUT2D eigenvalue weighted by Crippen LogP contribution is 2.67. The molecule has 3 atom stereocenters. The van der Waals surface area contributed by atoms with Crippen LogP contribution in [0.1, 0.15) is 33.3 Å². The lowest BCUT2D eigenvalue weighted by molar-refractivity contribution is -0.222. The first-order valence-corrected chi connectivity index (χ1v) is 8.46. The molecule has 1 amide bonds. The Morgan fingerprint density at radius 3 is 2.25 bits per heavy atom. The average Bonchev–Trinajstić information content (AvgIpc) is 2.97. The molecular formula is C20H17N3O5. The van der Waals surface area contributed by atoms with Crippen molar-refractivity contribution < 1.29 is 23.9 Å². The molecule has 8 nitrogen and oxygen atoms in total. The lowest BCUT2D eigenvalue weighted by Crippen LogP contribution is -2.59. The van der Waals surface area contributed by atoms with E-state index in [0.29, 0.717) is 0 Å². The van der Waals surface area contributed by atoms with Crippen LogP contribution in [0, 0.1) is 28.1 Å². The summed E-state index contributed by atoms with van der Waals surface area (Å²) < 4.78 is 10.8. The number of amides is 1. The van der Waals surface area contributed by atoms with Crippen LogP contribution >= 0.6 is 0 Å². The van der Waals surface area contributed by atoms with Crippen molar-refractivity contribution in [2.75, 3.05) is 0 Å². The smallest absolute Gasteiger partial charge is 0.342 e. The number of nitriles is 2. The number of hydrogen-bond acceptors (Lipinski definition) is 7. The van der Waals surface area contributed by atoms with E-state index in [0.717, 1.165) is 11.8 Å². The number of rotatable bonds is 2. The number of esters is 2. The molecule has 0 N–H and O–H groups in total. The molecule has 2 heterocycles. The van der Waals surface area contributed by atoms with Crippen LogP contribution in [0.15, 0.2) is 41.6 Å². The number of fused-ring (bicyclic) bond motifs is 1. The second kappa shape index (κ2) is 5.93. The summed E-state index contributed by atoms with van der Waals surface area (Å²) in [6.45, 7) is 5.07. The minimum Gasteiger partial charge on any atom is -0.421 e. The number of carbonyl (C=O) groups is 3. The lowest BCUT2D eigenvalue weighted by atomic mass is 9.62. The van der Waals surface area contributed by atoms with E-state index in [1.165, 1.54) is 20.8 Å². The Kier molecular flexibility index (Phi) is 4.05. The summed E-state index contributed by atoms with van der Waals surface area (Å²) in [5.41, 5.74) is -3.85. The summed E-state index contributed by atoms with van der Waals surface area (Å²) >= 11 is 0.